The highest BCUT2D eigenvalue weighted by Gasteiger charge is 2.10. The molecular weight excluding hydrogens is 342 g/mol. The van der Waals surface area contributed by atoms with Gasteiger partial charge in [-0.05, 0) is 23.3 Å². The molecule has 0 saturated carbocycles. The number of esters is 1. The molecule has 0 saturated heterocycles. The summed E-state index contributed by atoms with van der Waals surface area (Å²) in [5.74, 6) is -1.84. The quantitative estimate of drug-likeness (QED) is 0.637. The molecule has 2 aromatic rings. The first-order chi connectivity index (χ1) is 12.0. The third-order valence-electron chi connectivity index (χ3n) is 3.14. The first-order valence-electron chi connectivity index (χ1n) is 7.50. The second-order valence-corrected chi connectivity index (χ2v) is 5.50. The van der Waals surface area contributed by atoms with E-state index in [1.54, 1.807) is 48.5 Å². The zero-order chi connectivity index (χ0) is 18.1. The highest BCUT2D eigenvalue weighted by molar-refractivity contribution is 6.32. The van der Waals surface area contributed by atoms with Gasteiger partial charge in [0.2, 0.25) is 5.91 Å². The van der Waals surface area contributed by atoms with Crippen molar-refractivity contribution in [2.75, 3.05) is 6.61 Å². The molecule has 0 bridgehead atoms. The Labute approximate surface area is 150 Å². The van der Waals surface area contributed by atoms with Gasteiger partial charge in [-0.15, -0.1) is 0 Å². The van der Waals surface area contributed by atoms with Gasteiger partial charge in [-0.1, -0.05) is 60.1 Å². The molecule has 25 heavy (non-hydrogen) atoms. The second-order valence-electron chi connectivity index (χ2n) is 5.10. The van der Waals surface area contributed by atoms with E-state index < -0.39 is 24.4 Å². The topological polar surface area (TPSA) is 72.5 Å². The fourth-order valence-corrected chi connectivity index (χ4v) is 2.17. The van der Waals surface area contributed by atoms with Crippen LogP contribution in [0, 0.1) is 0 Å². The molecule has 1 N–H and O–H groups in total. The average Bonchev–Trinajstić information content (AvgIpc) is 2.60. The summed E-state index contributed by atoms with van der Waals surface area (Å²) in [7, 11) is 0. The predicted octanol–water partition coefficient (Wildman–Crippen LogP) is 2.78. The molecule has 5 nitrogen and oxygen atoms in total. The van der Waals surface area contributed by atoms with Crippen LogP contribution in [-0.2, 0) is 25.5 Å². The largest absolute Gasteiger partial charge is 0.452 e. The van der Waals surface area contributed by atoms with Crippen LogP contribution < -0.4 is 5.32 Å². The summed E-state index contributed by atoms with van der Waals surface area (Å²) >= 11 is 5.95. The monoisotopic (exact) mass is 357 g/mol. The minimum absolute atomic E-state index is 0.0763. The Morgan fingerprint density at radius 3 is 2.36 bits per heavy atom. The number of benzene rings is 2. The first-order valence-corrected chi connectivity index (χ1v) is 7.88. The van der Waals surface area contributed by atoms with Crippen LogP contribution in [0.3, 0.4) is 0 Å². The lowest BCUT2D eigenvalue weighted by atomic mass is 10.1. The lowest BCUT2D eigenvalue weighted by molar-refractivity contribution is -0.145. The number of ether oxygens (including phenoxy) is 1. The lowest BCUT2D eigenvalue weighted by Gasteiger charge is -2.04. The van der Waals surface area contributed by atoms with Gasteiger partial charge in [0, 0.05) is 11.1 Å². The van der Waals surface area contributed by atoms with Crippen molar-refractivity contribution in [1.82, 2.24) is 5.32 Å². The molecule has 0 atom stereocenters. The summed E-state index contributed by atoms with van der Waals surface area (Å²) in [4.78, 5) is 34.9. The number of imide groups is 1. The summed E-state index contributed by atoms with van der Waals surface area (Å²) in [5.41, 5.74) is 1.44. The molecule has 2 aromatic carbocycles. The van der Waals surface area contributed by atoms with Crippen LogP contribution >= 0.6 is 11.6 Å². The highest BCUT2D eigenvalue weighted by Crippen LogP contribution is 2.16. The number of carbonyl (C=O) groups is 3. The van der Waals surface area contributed by atoms with Crippen LogP contribution in [0.25, 0.3) is 6.08 Å². The smallest absolute Gasteiger partial charge is 0.331 e. The third kappa shape index (κ3) is 6.61. The molecule has 0 heterocycles. The number of halogens is 1. The van der Waals surface area contributed by atoms with Gasteiger partial charge < -0.3 is 4.74 Å². The van der Waals surface area contributed by atoms with E-state index in [1.807, 2.05) is 6.07 Å². The van der Waals surface area contributed by atoms with Crippen LogP contribution in [0.15, 0.2) is 60.7 Å². The number of amides is 2. The summed E-state index contributed by atoms with van der Waals surface area (Å²) in [5, 5.41) is 2.66. The van der Waals surface area contributed by atoms with Gasteiger partial charge in [0.15, 0.2) is 6.61 Å². The Morgan fingerprint density at radius 1 is 0.960 bits per heavy atom. The molecular formula is C19H16ClNO4. The van der Waals surface area contributed by atoms with E-state index in [1.165, 1.54) is 12.2 Å². The standard InChI is InChI=1S/C19H16ClNO4/c20-16-9-5-4-8-15(16)10-11-19(24)25-13-18(23)21-17(22)12-14-6-2-1-3-7-14/h1-11H,12-13H2,(H,21,22,23). The zero-order valence-electron chi connectivity index (χ0n) is 13.3. The van der Waals surface area contributed by atoms with Crippen LogP contribution in [0.5, 0.6) is 0 Å². The van der Waals surface area contributed by atoms with Gasteiger partial charge in [0.1, 0.15) is 0 Å². The lowest BCUT2D eigenvalue weighted by Crippen LogP contribution is -2.35. The van der Waals surface area contributed by atoms with Crippen LogP contribution in [0.2, 0.25) is 5.02 Å². The molecule has 6 heteroatoms. The van der Waals surface area contributed by atoms with E-state index in [0.717, 1.165) is 5.56 Å². The maximum atomic E-state index is 11.7. The van der Waals surface area contributed by atoms with Gasteiger partial charge in [-0.2, -0.15) is 0 Å². The maximum absolute atomic E-state index is 11.7. The SMILES string of the molecule is O=C(COC(=O)C=Cc1ccccc1Cl)NC(=O)Cc1ccccc1. The van der Waals surface area contributed by atoms with Crippen molar-refractivity contribution in [1.29, 1.82) is 0 Å². The first kappa shape index (κ1) is 18.4. The summed E-state index contributed by atoms with van der Waals surface area (Å²) in [6.45, 7) is -0.535. The fraction of sp³-hybridized carbons (Fsp3) is 0.105. The number of hydrogen-bond donors (Lipinski definition) is 1. The average molecular weight is 358 g/mol. The van der Waals surface area contributed by atoms with Crippen molar-refractivity contribution in [3.8, 4) is 0 Å². The Kier molecular flexibility index (Phi) is 6.92. The molecule has 0 aliphatic heterocycles. The molecule has 0 aliphatic carbocycles. The molecule has 0 radical (unpaired) electrons. The second kappa shape index (κ2) is 9.39. The van der Waals surface area contributed by atoms with Gasteiger partial charge in [0.25, 0.3) is 5.91 Å². The van der Waals surface area contributed by atoms with Crippen molar-refractivity contribution in [3.05, 3.63) is 76.8 Å². The summed E-state index contributed by atoms with van der Waals surface area (Å²) in [6, 6.07) is 16.0. The van der Waals surface area contributed by atoms with E-state index in [0.29, 0.717) is 10.6 Å². The summed E-state index contributed by atoms with van der Waals surface area (Å²) < 4.78 is 4.78. The minimum atomic E-state index is -0.703. The number of carbonyl (C=O) groups excluding carboxylic acids is 3. The molecule has 128 valence electrons. The van der Waals surface area contributed by atoms with Crippen LogP contribution in [-0.4, -0.2) is 24.4 Å². The molecule has 0 aromatic heterocycles. The molecule has 0 aliphatic rings. The van der Waals surface area contributed by atoms with E-state index in [4.69, 9.17) is 16.3 Å². The number of hydrogen-bond acceptors (Lipinski definition) is 4. The molecule has 0 spiro atoms. The van der Waals surface area contributed by atoms with Gasteiger partial charge in [-0.25, -0.2) is 4.79 Å². The van der Waals surface area contributed by atoms with E-state index >= 15 is 0 Å². The van der Waals surface area contributed by atoms with Gasteiger partial charge in [0.05, 0.1) is 6.42 Å². The van der Waals surface area contributed by atoms with Crippen LogP contribution in [0.4, 0.5) is 0 Å². The zero-order valence-corrected chi connectivity index (χ0v) is 14.0. The van der Waals surface area contributed by atoms with E-state index in [-0.39, 0.29) is 6.42 Å². The van der Waals surface area contributed by atoms with Gasteiger partial charge in [-0.3, -0.25) is 14.9 Å². The number of nitrogens with one attached hydrogen (secondary N) is 1. The van der Waals surface area contributed by atoms with Gasteiger partial charge >= 0.3 is 5.97 Å². The highest BCUT2D eigenvalue weighted by atomic mass is 35.5. The van der Waals surface area contributed by atoms with Crippen molar-refractivity contribution in [2.45, 2.75) is 6.42 Å². The normalized spacial score (nSPS) is 10.4. The Bertz CT molecular complexity index is 787. The predicted molar refractivity (Wildman–Crippen MR) is 94.7 cm³/mol. The molecule has 0 fully saturated rings. The van der Waals surface area contributed by atoms with Crippen molar-refractivity contribution in [3.63, 3.8) is 0 Å². The molecule has 2 rings (SSSR count). The Morgan fingerprint density at radius 2 is 1.64 bits per heavy atom. The van der Waals surface area contributed by atoms with E-state index in [2.05, 4.69) is 5.32 Å². The van der Waals surface area contributed by atoms with E-state index in [9.17, 15) is 14.4 Å². The maximum Gasteiger partial charge on any atom is 0.331 e. The van der Waals surface area contributed by atoms with Crippen molar-refractivity contribution in [2.24, 2.45) is 0 Å². The van der Waals surface area contributed by atoms with Crippen LogP contribution in [0.1, 0.15) is 11.1 Å². The Balaban J connectivity index is 1.75. The minimum Gasteiger partial charge on any atom is -0.452 e. The third-order valence-corrected chi connectivity index (χ3v) is 3.48. The summed E-state index contributed by atoms with van der Waals surface area (Å²) in [6.07, 6.45) is 2.73. The van der Waals surface area contributed by atoms with Crippen molar-refractivity contribution >= 4 is 35.5 Å². The number of rotatable bonds is 6. The molecule has 2 amide bonds. The fourth-order valence-electron chi connectivity index (χ4n) is 1.97. The molecule has 0 unspecified atom stereocenters. The van der Waals surface area contributed by atoms with Crippen molar-refractivity contribution < 1.29 is 19.1 Å². The Hall–Kier alpha value is -2.92.